The Kier molecular flexibility index (Phi) is 6.86. The molecule has 51 heavy (non-hydrogen) atoms. The molecule has 0 amide bonds. The normalized spacial score (nSPS) is 13.2. The number of aromatic nitrogens is 1. The Labute approximate surface area is 299 Å². The summed E-state index contributed by atoms with van der Waals surface area (Å²) in [6.07, 6.45) is 0. The molecule has 8 aromatic carbocycles. The molecule has 1 aliphatic rings. The Hall–Kier alpha value is -6.42. The van der Waals surface area contributed by atoms with Gasteiger partial charge in [0, 0.05) is 33.5 Å². The molecule has 0 saturated heterocycles. The highest BCUT2D eigenvalue weighted by Gasteiger charge is 2.48. The monoisotopic (exact) mass is 666 g/mol. The van der Waals surface area contributed by atoms with Crippen molar-refractivity contribution in [3.05, 3.63) is 206 Å². The minimum atomic E-state index is -2.62. The van der Waals surface area contributed by atoms with Crippen molar-refractivity contribution < 1.29 is 0 Å². The Balaban J connectivity index is 1.07. The lowest BCUT2D eigenvalue weighted by atomic mass is 10.0. The summed E-state index contributed by atoms with van der Waals surface area (Å²) < 4.78 is 2.37. The van der Waals surface area contributed by atoms with Crippen molar-refractivity contribution in [1.82, 2.24) is 4.57 Å². The second-order valence-corrected chi connectivity index (χ2v) is 17.0. The number of hydrogen-bond donors (Lipinski definition) is 0. The molecular formula is C48H34N2Si. The molecule has 240 valence electrons. The number of fused-ring (bicyclic) bond motifs is 5. The van der Waals surface area contributed by atoms with Gasteiger partial charge in [-0.25, -0.2) is 0 Å². The highest BCUT2D eigenvalue weighted by Crippen LogP contribution is 2.39. The van der Waals surface area contributed by atoms with Crippen molar-refractivity contribution in [2.45, 2.75) is 0 Å². The zero-order valence-electron chi connectivity index (χ0n) is 28.0. The molecule has 1 aromatic heterocycles. The van der Waals surface area contributed by atoms with Crippen molar-refractivity contribution in [2.75, 3.05) is 4.90 Å². The van der Waals surface area contributed by atoms with Gasteiger partial charge in [0.15, 0.2) is 8.07 Å². The van der Waals surface area contributed by atoms with E-state index in [9.17, 15) is 0 Å². The van der Waals surface area contributed by atoms with Crippen LogP contribution in [0.5, 0.6) is 0 Å². The quantitative estimate of drug-likeness (QED) is 0.166. The van der Waals surface area contributed by atoms with Gasteiger partial charge in [0.25, 0.3) is 0 Å². The van der Waals surface area contributed by atoms with E-state index in [1.807, 2.05) is 0 Å². The van der Waals surface area contributed by atoms with Crippen LogP contribution in [-0.2, 0) is 0 Å². The summed E-state index contributed by atoms with van der Waals surface area (Å²) in [5, 5.41) is 8.17. The van der Waals surface area contributed by atoms with E-state index in [2.05, 4.69) is 216 Å². The average molecular weight is 667 g/mol. The van der Waals surface area contributed by atoms with E-state index in [0.29, 0.717) is 0 Å². The zero-order chi connectivity index (χ0) is 33.8. The smallest absolute Gasteiger partial charge is 0.184 e. The second-order valence-electron chi connectivity index (χ2n) is 13.3. The first-order chi connectivity index (χ1) is 25.3. The fraction of sp³-hybridized carbons (Fsp3) is 0. The third-order valence-corrected chi connectivity index (χ3v) is 15.5. The maximum absolute atomic E-state index is 2.62. The Morgan fingerprint density at radius 3 is 1.20 bits per heavy atom. The summed E-state index contributed by atoms with van der Waals surface area (Å²) in [4.78, 5) is 2.47. The lowest BCUT2D eigenvalue weighted by molar-refractivity contribution is 1.18. The molecule has 0 bridgehead atoms. The highest BCUT2D eigenvalue weighted by molar-refractivity contribution is 7.21. The summed E-state index contributed by atoms with van der Waals surface area (Å²) in [5.41, 5.74) is 9.67. The van der Waals surface area contributed by atoms with E-state index in [4.69, 9.17) is 0 Å². The fourth-order valence-electron chi connectivity index (χ4n) is 8.50. The van der Waals surface area contributed by atoms with Crippen molar-refractivity contribution in [3.8, 4) is 16.8 Å². The topological polar surface area (TPSA) is 8.17 Å². The summed E-state index contributed by atoms with van der Waals surface area (Å²) in [5.74, 6) is 0. The highest BCUT2D eigenvalue weighted by atomic mass is 28.3. The van der Waals surface area contributed by atoms with E-state index in [0.717, 1.165) is 5.69 Å². The summed E-state index contributed by atoms with van der Waals surface area (Å²) in [6, 6.07) is 76.0. The number of benzene rings is 8. The van der Waals surface area contributed by atoms with Gasteiger partial charge in [-0.15, -0.1) is 0 Å². The van der Waals surface area contributed by atoms with Gasteiger partial charge < -0.3 is 9.47 Å². The average Bonchev–Trinajstić information content (AvgIpc) is 3.55. The van der Waals surface area contributed by atoms with Gasteiger partial charge in [-0.2, -0.15) is 0 Å². The summed E-state index contributed by atoms with van der Waals surface area (Å²) in [7, 11) is -2.62. The van der Waals surface area contributed by atoms with Gasteiger partial charge in [-0.1, -0.05) is 158 Å². The Morgan fingerprint density at radius 1 is 0.314 bits per heavy atom. The number of hydrogen-bond acceptors (Lipinski definition) is 1. The molecule has 3 heteroatoms. The van der Waals surface area contributed by atoms with Crippen molar-refractivity contribution in [1.29, 1.82) is 0 Å². The third-order valence-electron chi connectivity index (χ3n) is 10.7. The Morgan fingerprint density at radius 2 is 0.706 bits per heavy atom. The molecule has 2 heterocycles. The predicted octanol–water partition coefficient (Wildman–Crippen LogP) is 9.61. The van der Waals surface area contributed by atoms with E-state index in [1.165, 1.54) is 70.7 Å². The number of nitrogens with zero attached hydrogens (tertiary/aromatic N) is 2. The van der Waals surface area contributed by atoms with Gasteiger partial charge in [0.2, 0.25) is 0 Å². The molecular weight excluding hydrogens is 633 g/mol. The molecule has 0 saturated carbocycles. The SMILES string of the molecule is c1ccc([Si]2(c3ccccc3)c3ccccc3N(c3ccc(-c4ccc(-n5c6ccccc6c6ccccc65)cc4)cc3)c3ccccc32)cc1. The van der Waals surface area contributed by atoms with Crippen LogP contribution in [0.3, 0.4) is 0 Å². The largest absolute Gasteiger partial charge is 0.311 e. The van der Waals surface area contributed by atoms with Crippen LogP contribution in [0.4, 0.5) is 17.1 Å². The van der Waals surface area contributed by atoms with Crippen molar-refractivity contribution >= 4 is 67.7 Å². The number of rotatable bonds is 5. The maximum Gasteiger partial charge on any atom is 0.184 e. The van der Waals surface area contributed by atoms with Crippen LogP contribution in [0.25, 0.3) is 38.6 Å². The molecule has 0 N–H and O–H groups in total. The molecule has 0 radical (unpaired) electrons. The van der Waals surface area contributed by atoms with E-state index < -0.39 is 8.07 Å². The van der Waals surface area contributed by atoms with E-state index in [-0.39, 0.29) is 0 Å². The maximum atomic E-state index is 2.47. The minimum absolute atomic E-state index is 1.16. The van der Waals surface area contributed by atoms with E-state index >= 15 is 0 Å². The first-order valence-electron chi connectivity index (χ1n) is 17.6. The first kappa shape index (κ1) is 29.5. The van der Waals surface area contributed by atoms with E-state index in [1.54, 1.807) is 0 Å². The van der Waals surface area contributed by atoms with Crippen LogP contribution in [0, 0.1) is 0 Å². The zero-order valence-corrected chi connectivity index (χ0v) is 29.0. The van der Waals surface area contributed by atoms with Crippen LogP contribution in [0.1, 0.15) is 0 Å². The van der Waals surface area contributed by atoms with Crippen LogP contribution in [-0.4, -0.2) is 12.6 Å². The minimum Gasteiger partial charge on any atom is -0.311 e. The Bertz CT molecular complexity index is 2530. The molecule has 0 aliphatic carbocycles. The van der Waals surface area contributed by atoms with Crippen molar-refractivity contribution in [2.24, 2.45) is 0 Å². The van der Waals surface area contributed by atoms with Gasteiger partial charge in [-0.05, 0) is 80.4 Å². The van der Waals surface area contributed by atoms with Crippen LogP contribution < -0.4 is 25.6 Å². The van der Waals surface area contributed by atoms with Crippen LogP contribution in [0.2, 0.25) is 0 Å². The fourth-order valence-corrected chi connectivity index (χ4v) is 13.6. The molecule has 1 aliphatic heterocycles. The standard InChI is InChI=1S/C48H34N2Si/c1-3-15-39(16-4-1)51(40-17-5-2-6-18-40)47-25-13-11-23-45(47)50(46-24-12-14-26-48(46)51)38-33-29-36(30-34-38)35-27-31-37(32-28-35)49-43-21-9-7-19-41(43)42-20-8-10-22-44(42)49/h1-34H. The van der Waals surface area contributed by atoms with Crippen molar-refractivity contribution in [3.63, 3.8) is 0 Å². The van der Waals surface area contributed by atoms with Gasteiger partial charge in [0.1, 0.15) is 0 Å². The summed E-state index contributed by atoms with van der Waals surface area (Å²) >= 11 is 0. The van der Waals surface area contributed by atoms with Gasteiger partial charge >= 0.3 is 0 Å². The molecule has 9 aromatic rings. The van der Waals surface area contributed by atoms with Gasteiger partial charge in [0.05, 0.1) is 11.0 Å². The first-order valence-corrected chi connectivity index (χ1v) is 19.6. The molecule has 0 spiro atoms. The lowest BCUT2D eigenvalue weighted by Gasteiger charge is -2.45. The number of anilines is 3. The van der Waals surface area contributed by atoms with Gasteiger partial charge in [-0.3, -0.25) is 0 Å². The van der Waals surface area contributed by atoms with Crippen LogP contribution >= 0.6 is 0 Å². The predicted molar refractivity (Wildman–Crippen MR) is 218 cm³/mol. The number of para-hydroxylation sites is 4. The third kappa shape index (κ3) is 4.49. The molecule has 0 unspecified atom stereocenters. The molecule has 0 atom stereocenters. The second kappa shape index (κ2) is 11.9. The molecule has 10 rings (SSSR count). The molecule has 0 fully saturated rings. The molecule has 2 nitrogen and oxygen atoms in total. The summed E-state index contributed by atoms with van der Waals surface area (Å²) in [6.45, 7) is 0. The van der Waals surface area contributed by atoms with Crippen LogP contribution in [0.15, 0.2) is 206 Å². The lowest BCUT2D eigenvalue weighted by Crippen LogP contribution is -2.77.